The molecule has 0 saturated carbocycles. The van der Waals surface area contributed by atoms with Crippen LogP contribution in [0, 0.1) is 5.82 Å². The fourth-order valence-corrected chi connectivity index (χ4v) is 2.25. The molecule has 0 bridgehead atoms. The first-order valence-electron chi connectivity index (χ1n) is 6.45. The normalized spacial score (nSPS) is 11.6. The average molecular weight is 349 g/mol. The van der Waals surface area contributed by atoms with Crippen LogP contribution < -0.4 is 10.5 Å². The molecule has 0 saturated heterocycles. The van der Waals surface area contributed by atoms with Crippen LogP contribution in [0.15, 0.2) is 41.3 Å². The van der Waals surface area contributed by atoms with E-state index in [-0.39, 0.29) is 30.9 Å². The van der Waals surface area contributed by atoms with Crippen LogP contribution in [-0.2, 0) is 19.3 Å². The molecule has 0 amide bonds. The van der Waals surface area contributed by atoms with Gasteiger partial charge < -0.3 is 10.5 Å². The molecule has 0 unspecified atom stereocenters. The molecule has 0 fully saturated rings. The van der Waals surface area contributed by atoms with Gasteiger partial charge in [0.1, 0.15) is 18.2 Å². The molecule has 2 rings (SSSR count). The Morgan fingerprint density at radius 1 is 1.09 bits per heavy atom. The second-order valence-electron chi connectivity index (χ2n) is 4.65. The van der Waals surface area contributed by atoms with Crippen molar-refractivity contribution in [3.05, 3.63) is 58.9 Å². The third kappa shape index (κ3) is 4.35. The van der Waals surface area contributed by atoms with Crippen LogP contribution >= 0.6 is 12.1 Å². The van der Waals surface area contributed by atoms with E-state index in [1.165, 1.54) is 24.3 Å². The molecule has 23 heavy (non-hydrogen) atoms. The number of benzene rings is 2. The first kappa shape index (κ1) is 17.6. The zero-order valence-electron chi connectivity index (χ0n) is 11.7. The minimum atomic E-state index is -4.78. The van der Waals surface area contributed by atoms with Crippen LogP contribution in [0.1, 0.15) is 16.7 Å². The summed E-state index contributed by atoms with van der Waals surface area (Å²) in [6.45, 7) is -0.112. The van der Waals surface area contributed by atoms with E-state index in [0.29, 0.717) is 22.3 Å². The van der Waals surface area contributed by atoms with Gasteiger partial charge in [-0.2, -0.15) is 17.1 Å². The molecule has 0 heterocycles. The van der Waals surface area contributed by atoms with E-state index in [0.717, 1.165) is 6.07 Å². The van der Waals surface area contributed by atoms with Crippen molar-refractivity contribution in [2.45, 2.75) is 24.2 Å². The summed E-state index contributed by atoms with van der Waals surface area (Å²) in [6, 6.07) is 7.09. The highest BCUT2D eigenvalue weighted by Crippen LogP contribution is 2.32. The molecule has 0 aromatic heterocycles. The Hall–Kier alpha value is -1.80. The van der Waals surface area contributed by atoms with E-state index in [2.05, 4.69) is 0 Å². The highest BCUT2D eigenvalue weighted by Gasteiger charge is 2.34. The molecule has 2 nitrogen and oxygen atoms in total. The Bertz CT molecular complexity index is 690. The van der Waals surface area contributed by atoms with Crippen molar-refractivity contribution in [3.63, 3.8) is 0 Å². The molecule has 0 aliphatic carbocycles. The third-order valence-electron chi connectivity index (χ3n) is 3.07. The zero-order valence-corrected chi connectivity index (χ0v) is 12.5. The van der Waals surface area contributed by atoms with Crippen LogP contribution in [-0.4, -0.2) is 0 Å². The monoisotopic (exact) mass is 349 g/mol. The molecule has 0 spiro atoms. The lowest BCUT2D eigenvalue weighted by Crippen LogP contribution is -2.10. The van der Waals surface area contributed by atoms with E-state index in [1.54, 1.807) is 0 Å². The first-order chi connectivity index (χ1) is 10.8. The minimum absolute atomic E-state index is 0.0500. The molecule has 2 aromatic carbocycles. The number of ether oxygens (including phenoxy) is 1. The second-order valence-corrected chi connectivity index (χ2v) is 5.28. The van der Waals surface area contributed by atoms with Gasteiger partial charge in [-0.25, -0.2) is 4.39 Å². The van der Waals surface area contributed by atoms with Crippen molar-refractivity contribution >= 4 is 12.1 Å². The van der Waals surface area contributed by atoms with Gasteiger partial charge in [-0.05, 0) is 35.9 Å². The standard InChI is InChI=1S/C15H12F5NOS/c16-13-3-1-9(5-12(13)15(17,18)19)8-22-14-4-2-11(23-20)6-10(14)7-21/h1-6H,7-8,21H2. The molecular weight excluding hydrogens is 337 g/mol. The molecule has 8 heteroatoms. The Kier molecular flexibility index (Phi) is 5.48. The number of hydrogen-bond acceptors (Lipinski definition) is 3. The summed E-state index contributed by atoms with van der Waals surface area (Å²) in [4.78, 5) is 0.346. The third-order valence-corrected chi connectivity index (χ3v) is 3.50. The summed E-state index contributed by atoms with van der Waals surface area (Å²) in [5.41, 5.74) is 4.87. The van der Waals surface area contributed by atoms with Crippen LogP contribution in [0.2, 0.25) is 0 Å². The highest BCUT2D eigenvalue weighted by molar-refractivity contribution is 7.94. The van der Waals surface area contributed by atoms with Gasteiger partial charge in [0.2, 0.25) is 0 Å². The SMILES string of the molecule is NCc1cc(SF)ccc1OCc1ccc(F)c(C(F)(F)F)c1. The predicted molar refractivity (Wildman–Crippen MR) is 77.0 cm³/mol. The molecule has 0 aliphatic rings. The van der Waals surface area contributed by atoms with Crippen LogP contribution in [0.25, 0.3) is 0 Å². The van der Waals surface area contributed by atoms with Crippen molar-refractivity contribution in [2.24, 2.45) is 5.73 Å². The quantitative estimate of drug-likeness (QED) is 0.783. The van der Waals surface area contributed by atoms with Crippen molar-refractivity contribution in [2.75, 3.05) is 0 Å². The maximum absolute atomic E-state index is 13.2. The van der Waals surface area contributed by atoms with Gasteiger partial charge >= 0.3 is 6.18 Å². The molecule has 0 radical (unpaired) electrons. The molecule has 0 aliphatic heterocycles. The smallest absolute Gasteiger partial charge is 0.419 e. The average Bonchev–Trinajstić information content (AvgIpc) is 2.52. The van der Waals surface area contributed by atoms with Crippen LogP contribution in [0.5, 0.6) is 5.75 Å². The summed E-state index contributed by atoms with van der Waals surface area (Å²) < 4.78 is 69.1. The fourth-order valence-electron chi connectivity index (χ4n) is 1.94. The number of nitrogens with two attached hydrogens (primary N) is 1. The van der Waals surface area contributed by atoms with Crippen LogP contribution in [0.4, 0.5) is 21.4 Å². The predicted octanol–water partition coefficient (Wildman–Crippen LogP) is 4.86. The highest BCUT2D eigenvalue weighted by atomic mass is 32.2. The topological polar surface area (TPSA) is 35.2 Å². The first-order valence-corrected chi connectivity index (χ1v) is 7.17. The van der Waals surface area contributed by atoms with Gasteiger partial charge in [0.25, 0.3) is 0 Å². The van der Waals surface area contributed by atoms with E-state index in [9.17, 15) is 21.4 Å². The molecule has 2 N–H and O–H groups in total. The number of alkyl halides is 3. The number of rotatable bonds is 5. The number of hydrogen-bond donors (Lipinski definition) is 1. The van der Waals surface area contributed by atoms with Gasteiger partial charge in [0, 0.05) is 17.0 Å². The number of halogens is 5. The van der Waals surface area contributed by atoms with Gasteiger partial charge in [-0.15, -0.1) is 0 Å². The summed E-state index contributed by atoms with van der Waals surface area (Å²) in [5, 5.41) is 0. The van der Waals surface area contributed by atoms with E-state index >= 15 is 0 Å². The maximum Gasteiger partial charge on any atom is 0.419 e. The fraction of sp³-hybridized carbons (Fsp3) is 0.200. The second kappa shape index (κ2) is 7.18. The van der Waals surface area contributed by atoms with Crippen molar-refractivity contribution < 1.29 is 26.2 Å². The Balaban J connectivity index is 2.18. The molecular formula is C15H12F5NOS. The lowest BCUT2D eigenvalue weighted by molar-refractivity contribution is -0.140. The Morgan fingerprint density at radius 3 is 2.43 bits per heavy atom. The maximum atomic E-state index is 13.2. The largest absolute Gasteiger partial charge is 0.489 e. The van der Waals surface area contributed by atoms with Gasteiger partial charge in [0.15, 0.2) is 0 Å². The zero-order chi connectivity index (χ0) is 17.0. The van der Waals surface area contributed by atoms with E-state index in [1.807, 2.05) is 0 Å². The van der Waals surface area contributed by atoms with Crippen molar-refractivity contribution in [1.29, 1.82) is 0 Å². The van der Waals surface area contributed by atoms with E-state index in [4.69, 9.17) is 10.5 Å². The molecule has 2 aromatic rings. The van der Waals surface area contributed by atoms with Crippen molar-refractivity contribution in [3.8, 4) is 5.75 Å². The van der Waals surface area contributed by atoms with E-state index < -0.39 is 17.6 Å². The van der Waals surface area contributed by atoms with Gasteiger partial charge in [-0.1, -0.05) is 6.07 Å². The Labute approximate surface area is 133 Å². The summed E-state index contributed by atoms with van der Waals surface area (Å²) in [7, 11) is 0. The summed E-state index contributed by atoms with van der Waals surface area (Å²) >= 11 is 0.0500. The van der Waals surface area contributed by atoms with Gasteiger partial charge in [-0.3, -0.25) is 0 Å². The van der Waals surface area contributed by atoms with Crippen LogP contribution in [0.3, 0.4) is 0 Å². The lowest BCUT2D eigenvalue weighted by atomic mass is 10.1. The summed E-state index contributed by atoms with van der Waals surface area (Å²) in [5.74, 6) is -1.00. The molecule has 124 valence electrons. The van der Waals surface area contributed by atoms with Crippen molar-refractivity contribution in [1.82, 2.24) is 0 Å². The Morgan fingerprint density at radius 2 is 1.83 bits per heavy atom. The summed E-state index contributed by atoms with van der Waals surface area (Å²) in [6.07, 6.45) is -4.78. The molecule has 0 atom stereocenters. The lowest BCUT2D eigenvalue weighted by Gasteiger charge is -2.13. The van der Waals surface area contributed by atoms with Gasteiger partial charge in [0.05, 0.1) is 17.7 Å². The minimum Gasteiger partial charge on any atom is -0.489 e.